The lowest BCUT2D eigenvalue weighted by molar-refractivity contribution is -0.126. The molecule has 1 rings (SSSR count). The summed E-state index contributed by atoms with van der Waals surface area (Å²) in [5.41, 5.74) is 2.80. The van der Waals surface area contributed by atoms with Crippen LogP contribution in [0.25, 0.3) is 0 Å². The standard InChI is InChI=1S/C14H29N3O/c1-5-14(6-2)7-9-17(10-8-14)12(4)11(3)13(18)16-15/h11-12H,5-10,15H2,1-4H3,(H,16,18). The van der Waals surface area contributed by atoms with E-state index in [0.717, 1.165) is 13.1 Å². The number of nitrogens with two attached hydrogens (primary N) is 1. The Morgan fingerprint density at radius 1 is 1.28 bits per heavy atom. The van der Waals surface area contributed by atoms with Crippen molar-refractivity contribution in [2.24, 2.45) is 17.2 Å². The zero-order valence-corrected chi connectivity index (χ0v) is 12.3. The van der Waals surface area contributed by atoms with Gasteiger partial charge >= 0.3 is 0 Å². The summed E-state index contributed by atoms with van der Waals surface area (Å²) in [6.07, 6.45) is 5.04. The molecule has 0 bridgehead atoms. The summed E-state index contributed by atoms with van der Waals surface area (Å²) >= 11 is 0. The lowest BCUT2D eigenvalue weighted by Gasteiger charge is -2.44. The smallest absolute Gasteiger partial charge is 0.238 e. The van der Waals surface area contributed by atoms with Gasteiger partial charge in [-0.15, -0.1) is 0 Å². The van der Waals surface area contributed by atoms with Crippen LogP contribution in [0.4, 0.5) is 0 Å². The second kappa shape index (κ2) is 6.53. The number of likely N-dealkylation sites (tertiary alicyclic amines) is 1. The number of hydrazine groups is 1. The molecule has 1 aliphatic rings. The molecule has 0 spiro atoms. The second-order valence-corrected chi connectivity index (χ2v) is 5.78. The van der Waals surface area contributed by atoms with Crippen LogP contribution in [0.15, 0.2) is 0 Å². The van der Waals surface area contributed by atoms with Crippen molar-refractivity contribution in [3.05, 3.63) is 0 Å². The van der Waals surface area contributed by atoms with E-state index in [1.807, 2.05) is 6.92 Å². The summed E-state index contributed by atoms with van der Waals surface area (Å²) in [5.74, 6) is 5.09. The molecular weight excluding hydrogens is 226 g/mol. The predicted molar refractivity (Wildman–Crippen MR) is 74.8 cm³/mol. The number of hydrogen-bond acceptors (Lipinski definition) is 3. The van der Waals surface area contributed by atoms with E-state index >= 15 is 0 Å². The first-order chi connectivity index (χ1) is 8.49. The molecule has 106 valence electrons. The van der Waals surface area contributed by atoms with Gasteiger partial charge in [-0.05, 0) is 38.3 Å². The molecule has 18 heavy (non-hydrogen) atoms. The third kappa shape index (κ3) is 3.23. The zero-order valence-electron chi connectivity index (χ0n) is 12.3. The Hall–Kier alpha value is -0.610. The highest BCUT2D eigenvalue weighted by molar-refractivity contribution is 5.78. The van der Waals surface area contributed by atoms with Crippen molar-refractivity contribution in [2.75, 3.05) is 13.1 Å². The Labute approximate surface area is 111 Å². The summed E-state index contributed by atoms with van der Waals surface area (Å²) in [7, 11) is 0. The average molecular weight is 255 g/mol. The molecule has 0 aliphatic carbocycles. The number of piperidine rings is 1. The van der Waals surface area contributed by atoms with E-state index in [2.05, 4.69) is 31.1 Å². The van der Waals surface area contributed by atoms with Crippen molar-refractivity contribution in [2.45, 2.75) is 59.4 Å². The summed E-state index contributed by atoms with van der Waals surface area (Å²) in [4.78, 5) is 14.0. The largest absolute Gasteiger partial charge is 0.300 e. The number of amides is 1. The van der Waals surface area contributed by atoms with E-state index in [4.69, 9.17) is 5.84 Å². The van der Waals surface area contributed by atoms with Crippen molar-refractivity contribution in [1.29, 1.82) is 0 Å². The lowest BCUT2D eigenvalue weighted by Crippen LogP contribution is -2.50. The second-order valence-electron chi connectivity index (χ2n) is 5.78. The fourth-order valence-corrected chi connectivity index (χ4v) is 3.03. The van der Waals surface area contributed by atoms with Crippen LogP contribution in [0.2, 0.25) is 0 Å². The van der Waals surface area contributed by atoms with Gasteiger partial charge in [-0.1, -0.05) is 33.6 Å². The Kier molecular flexibility index (Phi) is 5.60. The SMILES string of the molecule is CCC1(CC)CCN(C(C)C(C)C(=O)NN)CC1. The van der Waals surface area contributed by atoms with Crippen LogP contribution in [-0.4, -0.2) is 29.9 Å². The van der Waals surface area contributed by atoms with Gasteiger partial charge in [0.25, 0.3) is 0 Å². The number of carbonyl (C=O) groups is 1. The number of nitrogens with zero attached hydrogens (tertiary/aromatic N) is 1. The van der Waals surface area contributed by atoms with Crippen LogP contribution < -0.4 is 11.3 Å². The van der Waals surface area contributed by atoms with Gasteiger partial charge in [-0.2, -0.15) is 0 Å². The number of hydrogen-bond donors (Lipinski definition) is 2. The molecule has 4 nitrogen and oxygen atoms in total. The fraction of sp³-hybridized carbons (Fsp3) is 0.929. The van der Waals surface area contributed by atoms with Crippen LogP contribution >= 0.6 is 0 Å². The van der Waals surface area contributed by atoms with Gasteiger partial charge in [0.05, 0.1) is 5.92 Å². The molecule has 0 radical (unpaired) electrons. The first-order valence-corrected chi connectivity index (χ1v) is 7.24. The van der Waals surface area contributed by atoms with E-state index in [9.17, 15) is 4.79 Å². The topological polar surface area (TPSA) is 58.4 Å². The molecule has 3 N–H and O–H groups in total. The molecule has 1 fully saturated rings. The molecule has 4 heteroatoms. The summed E-state index contributed by atoms with van der Waals surface area (Å²) < 4.78 is 0. The Morgan fingerprint density at radius 2 is 1.78 bits per heavy atom. The highest BCUT2D eigenvalue weighted by Crippen LogP contribution is 2.38. The molecule has 0 aromatic heterocycles. The minimum atomic E-state index is -0.0645. The normalized spacial score (nSPS) is 23.4. The van der Waals surface area contributed by atoms with Gasteiger partial charge in [-0.3, -0.25) is 15.1 Å². The van der Waals surface area contributed by atoms with Crippen LogP contribution in [0.5, 0.6) is 0 Å². The summed E-state index contributed by atoms with van der Waals surface area (Å²) in [6, 6.07) is 0.264. The molecule has 2 unspecified atom stereocenters. The summed E-state index contributed by atoms with van der Waals surface area (Å²) in [6.45, 7) is 10.9. The number of rotatable bonds is 5. The van der Waals surface area contributed by atoms with Crippen LogP contribution in [0.3, 0.4) is 0 Å². The molecule has 0 aromatic carbocycles. The Morgan fingerprint density at radius 3 is 2.17 bits per heavy atom. The monoisotopic (exact) mass is 255 g/mol. The molecule has 1 saturated heterocycles. The quantitative estimate of drug-likeness (QED) is 0.448. The third-order valence-corrected chi connectivity index (χ3v) is 5.21. The summed E-state index contributed by atoms with van der Waals surface area (Å²) in [5, 5.41) is 0. The molecule has 1 aliphatic heterocycles. The van der Waals surface area contributed by atoms with Gasteiger partial charge in [-0.25, -0.2) is 5.84 Å². The van der Waals surface area contributed by atoms with Crippen molar-refractivity contribution in [3.63, 3.8) is 0 Å². The molecule has 1 amide bonds. The fourth-order valence-electron chi connectivity index (χ4n) is 3.03. The maximum Gasteiger partial charge on any atom is 0.238 e. The van der Waals surface area contributed by atoms with E-state index in [1.54, 1.807) is 0 Å². The van der Waals surface area contributed by atoms with E-state index in [0.29, 0.717) is 5.41 Å². The number of carbonyl (C=O) groups excluding carboxylic acids is 1. The number of nitrogens with one attached hydrogen (secondary N) is 1. The third-order valence-electron chi connectivity index (χ3n) is 5.21. The van der Waals surface area contributed by atoms with E-state index < -0.39 is 0 Å². The van der Waals surface area contributed by atoms with Crippen molar-refractivity contribution in [1.82, 2.24) is 10.3 Å². The van der Waals surface area contributed by atoms with Crippen LogP contribution in [0, 0.1) is 11.3 Å². The molecule has 0 saturated carbocycles. The van der Waals surface area contributed by atoms with E-state index in [1.165, 1.54) is 25.7 Å². The first kappa shape index (κ1) is 15.4. The Bertz CT molecular complexity index is 266. The molecule has 0 aromatic rings. The van der Waals surface area contributed by atoms with Crippen LogP contribution in [-0.2, 0) is 4.79 Å². The van der Waals surface area contributed by atoms with Crippen molar-refractivity contribution in [3.8, 4) is 0 Å². The maximum atomic E-state index is 11.6. The predicted octanol–water partition coefficient (Wildman–Crippen LogP) is 1.90. The van der Waals surface area contributed by atoms with Crippen LogP contribution in [0.1, 0.15) is 53.4 Å². The van der Waals surface area contributed by atoms with Gasteiger partial charge in [0.1, 0.15) is 0 Å². The van der Waals surface area contributed by atoms with Gasteiger partial charge in [0, 0.05) is 6.04 Å². The highest BCUT2D eigenvalue weighted by Gasteiger charge is 2.34. The van der Waals surface area contributed by atoms with Gasteiger partial charge in [0.2, 0.25) is 5.91 Å². The van der Waals surface area contributed by atoms with Gasteiger partial charge in [0.15, 0.2) is 0 Å². The Balaban J connectivity index is 2.54. The molecule has 2 atom stereocenters. The van der Waals surface area contributed by atoms with E-state index in [-0.39, 0.29) is 17.9 Å². The lowest BCUT2D eigenvalue weighted by atomic mass is 9.74. The minimum Gasteiger partial charge on any atom is -0.300 e. The first-order valence-electron chi connectivity index (χ1n) is 7.24. The van der Waals surface area contributed by atoms with Crippen molar-refractivity contribution < 1.29 is 4.79 Å². The highest BCUT2D eigenvalue weighted by atomic mass is 16.2. The average Bonchev–Trinajstić information content (AvgIpc) is 2.44. The minimum absolute atomic E-state index is 0.0502. The van der Waals surface area contributed by atoms with Gasteiger partial charge < -0.3 is 0 Å². The zero-order chi connectivity index (χ0) is 13.8. The maximum absolute atomic E-state index is 11.6. The molecular formula is C14H29N3O. The molecule has 1 heterocycles. The van der Waals surface area contributed by atoms with Crippen molar-refractivity contribution >= 4 is 5.91 Å².